The molecule has 0 spiro atoms. The number of halogens is 4. The molecule has 0 aromatic heterocycles. The molecule has 0 aliphatic carbocycles. The zero-order valence-corrected chi connectivity index (χ0v) is 9.09. The standard InChI is InChI=1S/C9H4BrF3O3/c10-4-1-2-5(6(3-4)8(15)16)7(14)9(11,12)13/h1-3H,(H,15,16). The summed E-state index contributed by atoms with van der Waals surface area (Å²) in [5, 5.41) is 8.66. The van der Waals surface area contributed by atoms with Gasteiger partial charge < -0.3 is 5.11 Å². The number of carboxylic acid groups (broad SMARTS) is 1. The first-order chi connectivity index (χ1) is 7.23. The molecule has 0 bridgehead atoms. The lowest BCUT2D eigenvalue weighted by molar-refractivity contribution is -0.0885. The van der Waals surface area contributed by atoms with Gasteiger partial charge in [0, 0.05) is 10.0 Å². The summed E-state index contributed by atoms with van der Waals surface area (Å²) >= 11 is 2.91. The normalized spacial score (nSPS) is 11.2. The van der Waals surface area contributed by atoms with Crippen LogP contribution in [-0.2, 0) is 0 Å². The summed E-state index contributed by atoms with van der Waals surface area (Å²) in [5.41, 5.74) is -1.56. The Labute approximate surface area is 96.0 Å². The quantitative estimate of drug-likeness (QED) is 0.854. The minimum atomic E-state index is -5.09. The molecule has 0 atom stereocenters. The van der Waals surface area contributed by atoms with Gasteiger partial charge in [-0.3, -0.25) is 4.79 Å². The van der Waals surface area contributed by atoms with Crippen molar-refractivity contribution in [3.05, 3.63) is 33.8 Å². The molecule has 0 aliphatic heterocycles. The second-order valence-electron chi connectivity index (χ2n) is 2.82. The lowest BCUT2D eigenvalue weighted by Gasteiger charge is -2.08. The molecule has 3 nitrogen and oxygen atoms in total. The summed E-state index contributed by atoms with van der Waals surface area (Å²) in [7, 11) is 0. The average molecular weight is 297 g/mol. The van der Waals surface area contributed by atoms with Gasteiger partial charge in [0.25, 0.3) is 5.78 Å². The molecule has 0 fully saturated rings. The maximum atomic E-state index is 12.1. The number of rotatable bonds is 2. The molecule has 0 saturated heterocycles. The monoisotopic (exact) mass is 296 g/mol. The Morgan fingerprint density at radius 1 is 1.19 bits per heavy atom. The number of carboxylic acids is 1. The van der Waals surface area contributed by atoms with Crippen molar-refractivity contribution >= 4 is 27.7 Å². The molecule has 0 amide bonds. The molecule has 7 heteroatoms. The number of carbonyl (C=O) groups is 2. The Kier molecular flexibility index (Phi) is 3.37. The van der Waals surface area contributed by atoms with Crippen molar-refractivity contribution in [2.45, 2.75) is 6.18 Å². The van der Waals surface area contributed by atoms with E-state index in [2.05, 4.69) is 15.9 Å². The molecule has 0 unspecified atom stereocenters. The largest absolute Gasteiger partial charge is 0.478 e. The van der Waals surface area contributed by atoms with Gasteiger partial charge in [-0.05, 0) is 18.2 Å². The molecule has 0 heterocycles. The second kappa shape index (κ2) is 4.25. The summed E-state index contributed by atoms with van der Waals surface area (Å²) < 4.78 is 36.7. The van der Waals surface area contributed by atoms with Crippen LogP contribution < -0.4 is 0 Å². The van der Waals surface area contributed by atoms with Crippen molar-refractivity contribution in [3.63, 3.8) is 0 Å². The van der Waals surface area contributed by atoms with E-state index < -0.39 is 29.1 Å². The number of carbonyl (C=O) groups excluding carboxylic acids is 1. The van der Waals surface area contributed by atoms with E-state index in [1.807, 2.05) is 0 Å². The van der Waals surface area contributed by atoms with Gasteiger partial charge in [-0.15, -0.1) is 0 Å². The first-order valence-electron chi connectivity index (χ1n) is 3.88. The minimum Gasteiger partial charge on any atom is -0.478 e. The van der Waals surface area contributed by atoms with E-state index in [-0.39, 0.29) is 4.47 Å². The second-order valence-corrected chi connectivity index (χ2v) is 3.74. The van der Waals surface area contributed by atoms with Gasteiger partial charge >= 0.3 is 12.1 Å². The third-order valence-electron chi connectivity index (χ3n) is 1.71. The number of aromatic carboxylic acids is 1. The third-order valence-corrected chi connectivity index (χ3v) is 2.21. The van der Waals surface area contributed by atoms with E-state index in [0.717, 1.165) is 12.1 Å². The molecule has 1 aromatic rings. The zero-order valence-electron chi connectivity index (χ0n) is 7.51. The summed E-state index contributed by atoms with van der Waals surface area (Å²) in [5.74, 6) is -3.76. The molecule has 1 N–H and O–H groups in total. The minimum absolute atomic E-state index is 0.281. The maximum absolute atomic E-state index is 12.1. The van der Waals surface area contributed by atoms with Gasteiger partial charge in [0.05, 0.1) is 5.56 Å². The number of alkyl halides is 3. The lowest BCUT2D eigenvalue weighted by atomic mass is 10.0. The average Bonchev–Trinajstić information content (AvgIpc) is 2.15. The smallest absolute Gasteiger partial charge is 0.454 e. The van der Waals surface area contributed by atoms with Crippen molar-refractivity contribution in [1.29, 1.82) is 0 Å². The highest BCUT2D eigenvalue weighted by Crippen LogP contribution is 2.25. The van der Waals surface area contributed by atoms with Crippen molar-refractivity contribution < 1.29 is 27.9 Å². The summed E-state index contributed by atoms with van der Waals surface area (Å²) in [6.07, 6.45) is -5.09. The van der Waals surface area contributed by atoms with Crippen LogP contribution in [-0.4, -0.2) is 23.0 Å². The topological polar surface area (TPSA) is 54.4 Å². The van der Waals surface area contributed by atoms with Gasteiger partial charge in [-0.1, -0.05) is 15.9 Å². The Balaban J connectivity index is 3.34. The SMILES string of the molecule is O=C(O)c1cc(Br)ccc1C(=O)C(F)(F)F. The fourth-order valence-corrected chi connectivity index (χ4v) is 1.41. The van der Waals surface area contributed by atoms with Gasteiger partial charge in [-0.2, -0.15) is 13.2 Å². The van der Waals surface area contributed by atoms with Crippen LogP contribution in [0.3, 0.4) is 0 Å². The van der Waals surface area contributed by atoms with Crippen LogP contribution in [0.1, 0.15) is 20.7 Å². The predicted octanol–water partition coefficient (Wildman–Crippen LogP) is 2.89. The number of ketones is 1. The molecule has 86 valence electrons. The van der Waals surface area contributed by atoms with Crippen molar-refractivity contribution in [1.82, 2.24) is 0 Å². The number of hydrogen-bond acceptors (Lipinski definition) is 2. The van der Waals surface area contributed by atoms with Crippen LogP contribution in [0.5, 0.6) is 0 Å². The number of Topliss-reactive ketones (excluding diaryl/α,β-unsaturated/α-hetero) is 1. The van der Waals surface area contributed by atoms with E-state index in [1.165, 1.54) is 6.07 Å². The molecule has 1 aromatic carbocycles. The van der Waals surface area contributed by atoms with Crippen LogP contribution >= 0.6 is 15.9 Å². The molecular weight excluding hydrogens is 293 g/mol. The van der Waals surface area contributed by atoms with E-state index in [0.29, 0.717) is 0 Å². The van der Waals surface area contributed by atoms with Crippen molar-refractivity contribution in [2.75, 3.05) is 0 Å². The molecule has 0 radical (unpaired) electrons. The van der Waals surface area contributed by atoms with Gasteiger partial charge in [-0.25, -0.2) is 4.79 Å². The third kappa shape index (κ3) is 2.60. The lowest BCUT2D eigenvalue weighted by Crippen LogP contribution is -2.25. The van der Waals surface area contributed by atoms with Crippen LogP contribution in [0.25, 0.3) is 0 Å². The molecule has 1 rings (SSSR count). The fourth-order valence-electron chi connectivity index (χ4n) is 1.04. The van der Waals surface area contributed by atoms with E-state index in [1.54, 1.807) is 0 Å². The Morgan fingerprint density at radius 3 is 2.19 bits per heavy atom. The highest BCUT2D eigenvalue weighted by Gasteiger charge is 2.41. The molecule has 16 heavy (non-hydrogen) atoms. The first kappa shape index (κ1) is 12.7. The Morgan fingerprint density at radius 2 is 1.75 bits per heavy atom. The van der Waals surface area contributed by atoms with Crippen LogP contribution in [0.4, 0.5) is 13.2 Å². The van der Waals surface area contributed by atoms with Crippen molar-refractivity contribution in [2.24, 2.45) is 0 Å². The van der Waals surface area contributed by atoms with Crippen LogP contribution in [0, 0.1) is 0 Å². The van der Waals surface area contributed by atoms with Crippen LogP contribution in [0.15, 0.2) is 22.7 Å². The zero-order chi connectivity index (χ0) is 12.5. The predicted molar refractivity (Wildman–Crippen MR) is 51.5 cm³/mol. The highest BCUT2D eigenvalue weighted by atomic mass is 79.9. The number of hydrogen-bond donors (Lipinski definition) is 1. The van der Waals surface area contributed by atoms with E-state index in [9.17, 15) is 22.8 Å². The van der Waals surface area contributed by atoms with Crippen molar-refractivity contribution in [3.8, 4) is 0 Å². The Hall–Kier alpha value is -1.37. The van der Waals surface area contributed by atoms with E-state index in [4.69, 9.17) is 5.11 Å². The molecular formula is C9H4BrF3O3. The summed E-state index contributed by atoms with van der Waals surface area (Å²) in [6.45, 7) is 0. The fraction of sp³-hybridized carbons (Fsp3) is 0.111. The first-order valence-corrected chi connectivity index (χ1v) is 4.67. The van der Waals surface area contributed by atoms with Gasteiger partial charge in [0.1, 0.15) is 0 Å². The Bertz CT molecular complexity index is 454. The van der Waals surface area contributed by atoms with Gasteiger partial charge in [0.2, 0.25) is 0 Å². The summed E-state index contributed by atoms with van der Waals surface area (Å²) in [6, 6.07) is 2.94. The highest BCUT2D eigenvalue weighted by molar-refractivity contribution is 9.10. The maximum Gasteiger partial charge on any atom is 0.454 e. The van der Waals surface area contributed by atoms with E-state index >= 15 is 0 Å². The number of benzene rings is 1. The van der Waals surface area contributed by atoms with Gasteiger partial charge in [0.15, 0.2) is 0 Å². The van der Waals surface area contributed by atoms with Crippen LogP contribution in [0.2, 0.25) is 0 Å². The molecule has 0 saturated carbocycles. The summed E-state index contributed by atoms with van der Waals surface area (Å²) in [4.78, 5) is 21.6. The molecule has 0 aliphatic rings.